The second-order valence-electron chi connectivity index (χ2n) is 5.76. The van der Waals surface area contributed by atoms with Gasteiger partial charge in [-0.2, -0.15) is 0 Å². The maximum atomic E-state index is 12.0. The van der Waals surface area contributed by atoms with Crippen LogP contribution in [-0.2, 0) is 16.1 Å². The topological polar surface area (TPSA) is 70.5 Å². The minimum absolute atomic E-state index is 0.311. The van der Waals surface area contributed by atoms with Gasteiger partial charge in [-0.15, -0.1) is 0 Å². The summed E-state index contributed by atoms with van der Waals surface area (Å²) >= 11 is 0. The number of methoxy groups -OCH3 is 1. The third-order valence-electron chi connectivity index (χ3n) is 3.93. The van der Waals surface area contributed by atoms with Crippen molar-refractivity contribution in [3.63, 3.8) is 0 Å². The summed E-state index contributed by atoms with van der Waals surface area (Å²) < 4.78 is 16.5. The fraction of sp³-hybridized carbons (Fsp3) is 0.136. The first-order chi connectivity index (χ1) is 13.7. The zero-order chi connectivity index (χ0) is 19.8. The summed E-state index contributed by atoms with van der Waals surface area (Å²) in [6, 6.07) is 18.6. The molecule has 0 bridgehead atoms. The SMILES string of the molecule is C/C=C(/C(=O)OC)c1ccccc1Oc1cc(OCc2ccccc2)ncn1. The first kappa shape index (κ1) is 19.1. The van der Waals surface area contributed by atoms with Gasteiger partial charge in [0.2, 0.25) is 11.8 Å². The van der Waals surface area contributed by atoms with Gasteiger partial charge in [0.25, 0.3) is 0 Å². The third-order valence-corrected chi connectivity index (χ3v) is 3.93. The van der Waals surface area contributed by atoms with Gasteiger partial charge in [-0.1, -0.05) is 54.6 Å². The smallest absolute Gasteiger partial charge is 0.338 e. The number of aromatic nitrogens is 2. The van der Waals surface area contributed by atoms with Crippen LogP contribution in [0.5, 0.6) is 17.5 Å². The zero-order valence-electron chi connectivity index (χ0n) is 15.7. The Morgan fingerprint density at radius 1 is 1.00 bits per heavy atom. The molecule has 28 heavy (non-hydrogen) atoms. The number of hydrogen-bond donors (Lipinski definition) is 0. The first-order valence-electron chi connectivity index (χ1n) is 8.72. The quantitative estimate of drug-likeness (QED) is 0.449. The summed E-state index contributed by atoms with van der Waals surface area (Å²) in [4.78, 5) is 20.3. The highest BCUT2D eigenvalue weighted by Gasteiger charge is 2.16. The van der Waals surface area contributed by atoms with Crippen LogP contribution >= 0.6 is 0 Å². The Labute approximate surface area is 163 Å². The van der Waals surface area contributed by atoms with Gasteiger partial charge >= 0.3 is 5.97 Å². The van der Waals surface area contributed by atoms with E-state index in [2.05, 4.69) is 9.97 Å². The minimum atomic E-state index is -0.437. The lowest BCUT2D eigenvalue weighted by Gasteiger charge is -2.12. The van der Waals surface area contributed by atoms with E-state index in [0.717, 1.165) is 5.56 Å². The average molecular weight is 376 g/mol. The third kappa shape index (κ3) is 4.73. The van der Waals surface area contributed by atoms with Crippen molar-refractivity contribution < 1.29 is 19.0 Å². The van der Waals surface area contributed by atoms with Crippen LogP contribution in [0.1, 0.15) is 18.1 Å². The van der Waals surface area contributed by atoms with Crippen LogP contribution in [0.2, 0.25) is 0 Å². The Bertz CT molecular complexity index is 971. The van der Waals surface area contributed by atoms with Crippen molar-refractivity contribution in [1.29, 1.82) is 0 Å². The van der Waals surface area contributed by atoms with Crippen LogP contribution in [0.15, 0.2) is 73.1 Å². The summed E-state index contributed by atoms with van der Waals surface area (Å²) in [5, 5.41) is 0. The molecule has 0 aliphatic carbocycles. The molecule has 0 amide bonds. The van der Waals surface area contributed by atoms with Gasteiger partial charge < -0.3 is 14.2 Å². The standard InChI is InChI=1S/C22H20N2O4/c1-3-17(22(25)26-2)18-11-7-8-12-19(18)28-21-13-20(23-15-24-21)27-14-16-9-5-4-6-10-16/h3-13,15H,14H2,1-2H3/b17-3+. The van der Waals surface area contributed by atoms with Gasteiger partial charge in [0.05, 0.1) is 18.7 Å². The number of benzene rings is 2. The van der Waals surface area contributed by atoms with Gasteiger partial charge in [-0.25, -0.2) is 14.8 Å². The molecular weight excluding hydrogens is 356 g/mol. The molecule has 0 fully saturated rings. The van der Waals surface area contributed by atoms with Crippen molar-refractivity contribution in [2.24, 2.45) is 0 Å². The number of carbonyl (C=O) groups is 1. The maximum absolute atomic E-state index is 12.0. The van der Waals surface area contributed by atoms with Crippen molar-refractivity contribution in [1.82, 2.24) is 9.97 Å². The van der Waals surface area contributed by atoms with Crippen molar-refractivity contribution >= 4 is 11.5 Å². The van der Waals surface area contributed by atoms with E-state index in [1.165, 1.54) is 13.4 Å². The Balaban J connectivity index is 1.78. The molecule has 6 nitrogen and oxygen atoms in total. The molecule has 1 aromatic heterocycles. The number of hydrogen-bond acceptors (Lipinski definition) is 6. The number of carbonyl (C=O) groups excluding carboxylic acids is 1. The highest BCUT2D eigenvalue weighted by molar-refractivity contribution is 6.17. The summed E-state index contributed by atoms with van der Waals surface area (Å²) in [5.41, 5.74) is 2.06. The van der Waals surface area contributed by atoms with Crippen molar-refractivity contribution in [2.75, 3.05) is 7.11 Å². The lowest BCUT2D eigenvalue weighted by molar-refractivity contribution is -0.133. The number of allylic oxidation sites excluding steroid dienone is 1. The molecule has 0 aliphatic heterocycles. The van der Waals surface area contributed by atoms with Crippen LogP contribution in [0.3, 0.4) is 0 Å². The van der Waals surface area contributed by atoms with Crippen LogP contribution in [0, 0.1) is 0 Å². The van der Waals surface area contributed by atoms with Gasteiger partial charge in [-0.05, 0) is 18.6 Å². The van der Waals surface area contributed by atoms with Gasteiger partial charge in [0.1, 0.15) is 18.7 Å². The van der Waals surface area contributed by atoms with E-state index in [4.69, 9.17) is 14.2 Å². The predicted molar refractivity (Wildman–Crippen MR) is 105 cm³/mol. The Morgan fingerprint density at radius 2 is 1.71 bits per heavy atom. The summed E-state index contributed by atoms with van der Waals surface area (Å²) in [5.74, 6) is 0.748. The van der Waals surface area contributed by atoms with Crippen LogP contribution in [-0.4, -0.2) is 23.0 Å². The molecule has 2 aromatic carbocycles. The zero-order valence-corrected chi connectivity index (χ0v) is 15.7. The molecule has 1 heterocycles. The van der Waals surface area contributed by atoms with E-state index in [9.17, 15) is 4.79 Å². The average Bonchev–Trinajstić information content (AvgIpc) is 2.75. The van der Waals surface area contributed by atoms with Crippen LogP contribution in [0.4, 0.5) is 0 Å². The van der Waals surface area contributed by atoms with Crippen LogP contribution in [0.25, 0.3) is 5.57 Å². The van der Waals surface area contributed by atoms with Crippen molar-refractivity contribution in [2.45, 2.75) is 13.5 Å². The van der Waals surface area contributed by atoms with E-state index < -0.39 is 5.97 Å². The van der Waals surface area contributed by atoms with E-state index in [1.54, 1.807) is 31.2 Å². The van der Waals surface area contributed by atoms with Gasteiger partial charge in [0.15, 0.2) is 0 Å². The lowest BCUT2D eigenvalue weighted by Crippen LogP contribution is -2.05. The van der Waals surface area contributed by atoms with E-state index in [1.807, 2.05) is 42.5 Å². The molecule has 142 valence electrons. The molecule has 0 saturated carbocycles. The Hall–Kier alpha value is -3.67. The summed E-state index contributed by atoms with van der Waals surface area (Å²) in [6.07, 6.45) is 3.05. The molecule has 0 unspecified atom stereocenters. The van der Waals surface area contributed by atoms with E-state index in [0.29, 0.717) is 35.3 Å². The largest absolute Gasteiger partial charge is 0.473 e. The minimum Gasteiger partial charge on any atom is -0.473 e. The van der Waals surface area contributed by atoms with E-state index in [-0.39, 0.29) is 0 Å². The number of esters is 1. The van der Waals surface area contributed by atoms with E-state index >= 15 is 0 Å². The molecule has 3 aromatic rings. The molecule has 6 heteroatoms. The monoisotopic (exact) mass is 376 g/mol. The Kier molecular flexibility index (Phi) is 6.36. The molecule has 3 rings (SSSR count). The second kappa shape index (κ2) is 9.32. The first-order valence-corrected chi connectivity index (χ1v) is 8.72. The van der Waals surface area contributed by atoms with Gasteiger partial charge in [-0.3, -0.25) is 0 Å². The molecular formula is C22H20N2O4. The fourth-order valence-electron chi connectivity index (χ4n) is 2.57. The molecule has 0 radical (unpaired) electrons. The highest BCUT2D eigenvalue weighted by Crippen LogP contribution is 2.30. The molecule has 0 aliphatic rings. The highest BCUT2D eigenvalue weighted by atomic mass is 16.5. The number of rotatable bonds is 7. The number of ether oxygens (including phenoxy) is 3. The second-order valence-corrected chi connectivity index (χ2v) is 5.76. The van der Waals surface area contributed by atoms with Gasteiger partial charge in [0, 0.05) is 5.56 Å². The normalized spacial score (nSPS) is 11.0. The molecule has 0 spiro atoms. The molecule has 0 N–H and O–H groups in total. The molecule has 0 atom stereocenters. The Morgan fingerprint density at radius 3 is 2.46 bits per heavy atom. The fourth-order valence-corrected chi connectivity index (χ4v) is 2.57. The maximum Gasteiger partial charge on any atom is 0.338 e. The number of para-hydroxylation sites is 1. The number of nitrogens with zero attached hydrogens (tertiary/aromatic N) is 2. The van der Waals surface area contributed by atoms with Crippen LogP contribution < -0.4 is 9.47 Å². The summed E-state index contributed by atoms with van der Waals surface area (Å²) in [6.45, 7) is 2.15. The van der Waals surface area contributed by atoms with Crippen molar-refractivity contribution in [3.8, 4) is 17.5 Å². The predicted octanol–water partition coefficient (Wildman–Crippen LogP) is 4.42. The molecule has 0 saturated heterocycles. The van der Waals surface area contributed by atoms with Crippen molar-refractivity contribution in [3.05, 3.63) is 84.2 Å². The summed E-state index contributed by atoms with van der Waals surface area (Å²) in [7, 11) is 1.34. The lowest BCUT2D eigenvalue weighted by atomic mass is 10.0.